The van der Waals surface area contributed by atoms with Crippen molar-refractivity contribution in [2.45, 2.75) is 52.0 Å². The zero-order valence-corrected chi connectivity index (χ0v) is 15.8. The molecule has 3 rings (SSSR count). The number of carboxylic acids is 1. The summed E-state index contributed by atoms with van der Waals surface area (Å²) in [5.41, 5.74) is 1.75. The number of rotatable bonds is 6. The quantitative estimate of drug-likeness (QED) is 0.815. The van der Waals surface area contributed by atoms with Gasteiger partial charge in [0.25, 0.3) is 5.91 Å². The van der Waals surface area contributed by atoms with Crippen molar-refractivity contribution in [3.05, 3.63) is 47.0 Å². The third-order valence-electron chi connectivity index (χ3n) is 5.39. The standard InChI is InChI=1S/C20H24FN3O3/c1-12(2)20(3,11-17(25)26)22-19(27)18-15-8-5-9-16(15)24(23-18)14-7-4-6-13(21)10-14/h4,6-7,10,12H,5,8-9,11H2,1-3H3,(H,22,27)(H,25,26). The van der Waals surface area contributed by atoms with E-state index >= 15 is 0 Å². The fraction of sp³-hybridized carbons (Fsp3) is 0.450. The van der Waals surface area contributed by atoms with Crippen LogP contribution in [-0.4, -0.2) is 32.3 Å². The van der Waals surface area contributed by atoms with E-state index in [2.05, 4.69) is 10.4 Å². The summed E-state index contributed by atoms with van der Waals surface area (Å²) < 4.78 is 15.3. The first-order valence-electron chi connectivity index (χ1n) is 9.12. The first-order chi connectivity index (χ1) is 12.7. The Hall–Kier alpha value is -2.70. The van der Waals surface area contributed by atoms with Gasteiger partial charge in [0.05, 0.1) is 17.6 Å². The van der Waals surface area contributed by atoms with Crippen LogP contribution in [0.15, 0.2) is 24.3 Å². The summed E-state index contributed by atoms with van der Waals surface area (Å²) in [7, 11) is 0. The van der Waals surface area contributed by atoms with Crippen molar-refractivity contribution in [1.29, 1.82) is 0 Å². The van der Waals surface area contributed by atoms with Gasteiger partial charge < -0.3 is 10.4 Å². The largest absolute Gasteiger partial charge is 0.481 e. The summed E-state index contributed by atoms with van der Waals surface area (Å²) in [5, 5.41) is 16.5. The number of carbonyl (C=O) groups is 2. The molecule has 1 amide bonds. The Morgan fingerprint density at radius 2 is 2.11 bits per heavy atom. The number of amides is 1. The van der Waals surface area contributed by atoms with Gasteiger partial charge in [0, 0.05) is 11.3 Å². The number of aliphatic carboxylic acids is 1. The Morgan fingerprint density at radius 1 is 1.37 bits per heavy atom. The number of carbonyl (C=O) groups excluding carboxylic acids is 1. The number of hydrogen-bond acceptors (Lipinski definition) is 3. The monoisotopic (exact) mass is 373 g/mol. The molecule has 27 heavy (non-hydrogen) atoms. The highest BCUT2D eigenvalue weighted by atomic mass is 19.1. The molecule has 1 atom stereocenters. The van der Waals surface area contributed by atoms with Crippen molar-refractivity contribution in [1.82, 2.24) is 15.1 Å². The minimum absolute atomic E-state index is 0.0732. The third kappa shape index (κ3) is 3.72. The fourth-order valence-corrected chi connectivity index (χ4v) is 3.47. The van der Waals surface area contributed by atoms with E-state index in [1.165, 1.54) is 12.1 Å². The summed E-state index contributed by atoms with van der Waals surface area (Å²) in [6, 6.07) is 6.10. The molecule has 2 N–H and O–H groups in total. The van der Waals surface area contributed by atoms with Crippen molar-refractivity contribution < 1.29 is 19.1 Å². The molecular formula is C20H24FN3O3. The first-order valence-corrected chi connectivity index (χ1v) is 9.12. The maximum Gasteiger partial charge on any atom is 0.305 e. The summed E-state index contributed by atoms with van der Waals surface area (Å²) in [6.45, 7) is 5.48. The highest BCUT2D eigenvalue weighted by Gasteiger charge is 2.35. The van der Waals surface area contributed by atoms with Crippen LogP contribution in [0.2, 0.25) is 0 Å². The molecule has 1 unspecified atom stereocenters. The molecule has 1 aromatic carbocycles. The van der Waals surface area contributed by atoms with Crippen LogP contribution in [0.3, 0.4) is 0 Å². The van der Waals surface area contributed by atoms with Gasteiger partial charge in [-0.25, -0.2) is 9.07 Å². The van der Waals surface area contributed by atoms with Crippen LogP contribution in [0.1, 0.15) is 55.4 Å². The zero-order valence-electron chi connectivity index (χ0n) is 15.8. The maximum atomic E-state index is 13.6. The van der Waals surface area contributed by atoms with Gasteiger partial charge in [-0.2, -0.15) is 5.10 Å². The molecule has 144 valence electrons. The minimum Gasteiger partial charge on any atom is -0.481 e. The Kier molecular flexibility index (Phi) is 5.04. The molecule has 6 nitrogen and oxygen atoms in total. The van der Waals surface area contributed by atoms with E-state index in [4.69, 9.17) is 0 Å². The number of fused-ring (bicyclic) bond motifs is 1. The molecule has 1 aromatic heterocycles. The highest BCUT2D eigenvalue weighted by Crippen LogP contribution is 2.29. The van der Waals surface area contributed by atoms with Crippen LogP contribution < -0.4 is 5.32 Å². The van der Waals surface area contributed by atoms with Gasteiger partial charge in [0.15, 0.2) is 5.69 Å². The lowest BCUT2D eigenvalue weighted by atomic mass is 9.85. The van der Waals surface area contributed by atoms with Crippen molar-refractivity contribution in [3.8, 4) is 5.69 Å². The van der Waals surface area contributed by atoms with Crippen LogP contribution >= 0.6 is 0 Å². The lowest BCUT2D eigenvalue weighted by Crippen LogP contribution is -2.51. The van der Waals surface area contributed by atoms with Gasteiger partial charge in [-0.05, 0) is 50.3 Å². The lowest BCUT2D eigenvalue weighted by Gasteiger charge is -2.33. The van der Waals surface area contributed by atoms with Gasteiger partial charge in [-0.1, -0.05) is 19.9 Å². The van der Waals surface area contributed by atoms with Crippen LogP contribution in [0, 0.1) is 11.7 Å². The average molecular weight is 373 g/mol. The van der Waals surface area contributed by atoms with E-state index in [1.807, 2.05) is 13.8 Å². The number of benzene rings is 1. The lowest BCUT2D eigenvalue weighted by molar-refractivity contribution is -0.138. The number of aromatic nitrogens is 2. The van der Waals surface area contributed by atoms with Crippen LogP contribution in [0.5, 0.6) is 0 Å². The zero-order chi connectivity index (χ0) is 19.8. The van der Waals surface area contributed by atoms with Crippen molar-refractivity contribution in [2.24, 2.45) is 5.92 Å². The normalized spacial score (nSPS) is 15.4. The smallest absolute Gasteiger partial charge is 0.305 e. The number of halogens is 1. The number of nitrogens with one attached hydrogen (secondary N) is 1. The van der Waals surface area contributed by atoms with Gasteiger partial charge in [0.2, 0.25) is 0 Å². The van der Waals surface area contributed by atoms with Gasteiger partial charge in [-0.3, -0.25) is 9.59 Å². The molecule has 7 heteroatoms. The van der Waals surface area contributed by atoms with Crippen LogP contribution in [-0.2, 0) is 17.6 Å². The molecule has 1 aliphatic carbocycles. The molecule has 0 saturated carbocycles. The van der Waals surface area contributed by atoms with Gasteiger partial charge in [0.1, 0.15) is 5.82 Å². The van der Waals surface area contributed by atoms with Crippen molar-refractivity contribution >= 4 is 11.9 Å². The van der Waals surface area contributed by atoms with E-state index in [1.54, 1.807) is 23.7 Å². The molecular weight excluding hydrogens is 349 g/mol. The Balaban J connectivity index is 1.96. The molecule has 0 spiro atoms. The summed E-state index contributed by atoms with van der Waals surface area (Å²) in [5.74, 6) is -1.80. The van der Waals surface area contributed by atoms with E-state index < -0.39 is 11.5 Å². The third-order valence-corrected chi connectivity index (χ3v) is 5.39. The summed E-state index contributed by atoms with van der Waals surface area (Å²) in [6.07, 6.45) is 2.22. The first kappa shape index (κ1) is 19.1. The molecule has 0 fully saturated rings. The topological polar surface area (TPSA) is 84.2 Å². The molecule has 0 bridgehead atoms. The molecule has 0 radical (unpaired) electrons. The maximum absolute atomic E-state index is 13.6. The second-order valence-electron chi connectivity index (χ2n) is 7.62. The molecule has 0 saturated heterocycles. The van der Waals surface area contributed by atoms with Crippen LogP contribution in [0.4, 0.5) is 4.39 Å². The predicted molar refractivity (Wildman–Crippen MR) is 98.5 cm³/mol. The second-order valence-corrected chi connectivity index (χ2v) is 7.62. The number of carboxylic acid groups (broad SMARTS) is 1. The van der Waals surface area contributed by atoms with Crippen molar-refractivity contribution in [2.75, 3.05) is 0 Å². The van der Waals surface area contributed by atoms with Crippen LogP contribution in [0.25, 0.3) is 5.69 Å². The molecule has 2 aromatic rings. The average Bonchev–Trinajstić information content (AvgIpc) is 3.15. The van der Waals surface area contributed by atoms with E-state index in [9.17, 15) is 19.1 Å². The Morgan fingerprint density at radius 3 is 2.74 bits per heavy atom. The molecule has 1 heterocycles. The van der Waals surface area contributed by atoms with E-state index in [0.717, 1.165) is 30.5 Å². The summed E-state index contributed by atoms with van der Waals surface area (Å²) in [4.78, 5) is 24.2. The fourth-order valence-electron chi connectivity index (χ4n) is 3.47. The SMILES string of the molecule is CC(C)C(C)(CC(=O)O)NC(=O)c1nn(-c2cccc(F)c2)c2c1CCC2. The second kappa shape index (κ2) is 7.13. The molecule has 1 aliphatic rings. The number of hydrogen-bond donors (Lipinski definition) is 2. The summed E-state index contributed by atoms with van der Waals surface area (Å²) >= 11 is 0. The van der Waals surface area contributed by atoms with Gasteiger partial charge >= 0.3 is 5.97 Å². The van der Waals surface area contributed by atoms with Crippen molar-refractivity contribution in [3.63, 3.8) is 0 Å². The predicted octanol–water partition coefficient (Wildman–Crippen LogP) is 3.12. The minimum atomic E-state index is -0.970. The van der Waals surface area contributed by atoms with E-state index in [0.29, 0.717) is 11.4 Å². The number of nitrogens with zero attached hydrogens (tertiary/aromatic N) is 2. The highest BCUT2D eigenvalue weighted by molar-refractivity contribution is 5.95. The Bertz CT molecular complexity index is 891. The van der Waals surface area contributed by atoms with E-state index in [-0.39, 0.29) is 24.1 Å². The Labute approximate surface area is 157 Å². The molecule has 0 aliphatic heterocycles. The van der Waals surface area contributed by atoms with Gasteiger partial charge in [-0.15, -0.1) is 0 Å².